The van der Waals surface area contributed by atoms with Crippen molar-refractivity contribution in [1.82, 2.24) is 0 Å². The summed E-state index contributed by atoms with van der Waals surface area (Å²) in [6, 6.07) is 0. The van der Waals surface area contributed by atoms with Crippen molar-refractivity contribution in [2.75, 3.05) is 102 Å². The van der Waals surface area contributed by atoms with Crippen LogP contribution in [0.5, 0.6) is 0 Å². The normalized spacial score (nSPS) is 15.9. The third-order valence-electron chi connectivity index (χ3n) is 5.93. The molecule has 0 aromatic carbocycles. The van der Waals surface area contributed by atoms with Gasteiger partial charge in [0.1, 0.15) is 0 Å². The second kappa shape index (κ2) is 13.3. The van der Waals surface area contributed by atoms with Crippen LogP contribution < -0.4 is 0 Å². The molecule has 12 nitrogen and oxygen atoms in total. The molecular weight excluding hydrogens is 478 g/mol. The summed E-state index contributed by atoms with van der Waals surface area (Å²) in [4.78, 5) is 0. The van der Waals surface area contributed by atoms with Gasteiger partial charge in [0.05, 0.1) is 0 Å². The average molecular weight is 518 g/mol. The van der Waals surface area contributed by atoms with Gasteiger partial charge >= 0.3 is 183 Å². The molecule has 31 heavy (non-hydrogen) atoms. The number of hydrogen-bond donors (Lipinski definition) is 8. The molecule has 0 saturated heterocycles. The SMILES string of the molecule is O=S(=O)(OP(CCO)(CCO)(CCO)CCO)OP(CCO)(CCO)(CCO)CCO. The number of aliphatic hydroxyl groups excluding tert-OH is 8. The summed E-state index contributed by atoms with van der Waals surface area (Å²) in [7, 11) is -4.96. The maximum atomic E-state index is 13.2. The molecule has 0 aliphatic carbocycles. The minimum absolute atomic E-state index is 0.230. The van der Waals surface area contributed by atoms with Crippen LogP contribution in [0, 0.1) is 0 Å². The first kappa shape index (κ1) is 31.4. The van der Waals surface area contributed by atoms with Gasteiger partial charge in [-0.25, -0.2) is 0 Å². The summed E-state index contributed by atoms with van der Waals surface area (Å²) in [5.74, 6) is 0. The third kappa shape index (κ3) is 8.29. The minimum atomic E-state index is -4.96. The predicted molar refractivity (Wildman–Crippen MR) is 121 cm³/mol. The zero-order valence-electron chi connectivity index (χ0n) is 17.8. The van der Waals surface area contributed by atoms with Gasteiger partial charge in [0.2, 0.25) is 0 Å². The Morgan fingerprint density at radius 3 is 0.710 bits per heavy atom. The van der Waals surface area contributed by atoms with E-state index in [0.29, 0.717) is 0 Å². The van der Waals surface area contributed by atoms with E-state index in [1.165, 1.54) is 0 Å². The summed E-state index contributed by atoms with van der Waals surface area (Å²) in [6.07, 6.45) is -1.84. The number of aliphatic hydroxyl groups is 8. The Kier molecular flexibility index (Phi) is 13.5. The topological polar surface area (TPSA) is 214 Å². The maximum absolute atomic E-state index is 13.2. The monoisotopic (exact) mass is 518 g/mol. The Bertz CT molecular complexity index is 501. The first-order valence-corrected chi connectivity index (χ1v) is 17.2. The average Bonchev–Trinajstić information content (AvgIpc) is 2.62. The number of rotatable bonds is 20. The molecule has 0 fully saturated rings. The molecule has 0 aliphatic rings. The van der Waals surface area contributed by atoms with Gasteiger partial charge in [-0.05, 0) is 0 Å². The zero-order valence-corrected chi connectivity index (χ0v) is 20.4. The second-order valence-corrected chi connectivity index (χ2v) is 20.9. The molecule has 8 N–H and O–H groups in total. The van der Waals surface area contributed by atoms with Crippen molar-refractivity contribution in [2.45, 2.75) is 0 Å². The van der Waals surface area contributed by atoms with Crippen molar-refractivity contribution in [3.05, 3.63) is 0 Å². The Hall–Kier alpha value is 0.410. The summed E-state index contributed by atoms with van der Waals surface area (Å²) in [5, 5.41) is 76.9. The van der Waals surface area contributed by atoms with Gasteiger partial charge in [0, 0.05) is 0 Å². The molecule has 0 bridgehead atoms. The molecule has 0 saturated carbocycles. The molecule has 0 atom stereocenters. The van der Waals surface area contributed by atoms with E-state index in [1.807, 2.05) is 0 Å². The van der Waals surface area contributed by atoms with Gasteiger partial charge in [-0.2, -0.15) is 0 Å². The fraction of sp³-hybridized carbons (Fsp3) is 1.00. The van der Waals surface area contributed by atoms with Crippen LogP contribution in [0.3, 0.4) is 0 Å². The Labute approximate surface area is 183 Å². The van der Waals surface area contributed by atoms with Crippen molar-refractivity contribution in [2.24, 2.45) is 0 Å². The standard InChI is InChI=1S/C16H40O12P2S/c17-1-9-29(10-2-18,11-3-19,12-4-20)27-31(25,26)28-30(13-5-21,14-6-22,15-7-23)16-8-24/h17-24H,1-16H2. The molecule has 0 aromatic heterocycles. The van der Waals surface area contributed by atoms with Crippen molar-refractivity contribution in [3.8, 4) is 0 Å². The first-order valence-electron chi connectivity index (χ1n) is 10.1. The van der Waals surface area contributed by atoms with Gasteiger partial charge in [-0.1, -0.05) is 0 Å². The van der Waals surface area contributed by atoms with Gasteiger partial charge in [0.25, 0.3) is 0 Å². The van der Waals surface area contributed by atoms with Gasteiger partial charge in [-0.3, -0.25) is 0 Å². The Balaban J connectivity index is 6.59. The zero-order chi connectivity index (χ0) is 24.1. The number of hydrogen-bond acceptors (Lipinski definition) is 12. The quantitative estimate of drug-likeness (QED) is 0.0764. The molecular formula is C16H40O12P2S. The van der Waals surface area contributed by atoms with E-state index in [1.54, 1.807) is 0 Å². The van der Waals surface area contributed by atoms with Gasteiger partial charge in [0.15, 0.2) is 0 Å². The Morgan fingerprint density at radius 1 is 0.419 bits per heavy atom. The van der Waals surface area contributed by atoms with Gasteiger partial charge < -0.3 is 0 Å². The van der Waals surface area contributed by atoms with Crippen LogP contribution in [0.25, 0.3) is 0 Å². The van der Waals surface area contributed by atoms with Gasteiger partial charge in [-0.15, -0.1) is 0 Å². The van der Waals surface area contributed by atoms with E-state index >= 15 is 0 Å². The molecule has 0 unspecified atom stereocenters. The molecule has 0 aromatic rings. The second-order valence-electron chi connectivity index (χ2n) is 7.85. The Morgan fingerprint density at radius 2 is 0.581 bits per heavy atom. The van der Waals surface area contributed by atoms with Crippen LogP contribution in [0.2, 0.25) is 0 Å². The molecule has 15 heteroatoms. The van der Waals surface area contributed by atoms with Crippen molar-refractivity contribution < 1.29 is 57.2 Å². The van der Waals surface area contributed by atoms with Crippen LogP contribution in [0.15, 0.2) is 0 Å². The van der Waals surface area contributed by atoms with E-state index in [2.05, 4.69) is 0 Å². The van der Waals surface area contributed by atoms with E-state index in [0.717, 1.165) is 0 Å². The van der Waals surface area contributed by atoms with Crippen LogP contribution in [-0.2, 0) is 18.3 Å². The van der Waals surface area contributed by atoms with E-state index in [4.69, 9.17) is 7.94 Å². The molecule has 0 aliphatic heterocycles. The molecule has 0 radical (unpaired) electrons. The molecule has 0 rings (SSSR count). The van der Waals surface area contributed by atoms with E-state index < -0.39 is 76.9 Å². The summed E-state index contributed by atoms with van der Waals surface area (Å²) in [5.41, 5.74) is 0. The van der Waals surface area contributed by atoms with E-state index in [-0.39, 0.29) is 49.3 Å². The van der Waals surface area contributed by atoms with Crippen LogP contribution in [0.1, 0.15) is 0 Å². The van der Waals surface area contributed by atoms with E-state index in [9.17, 15) is 49.3 Å². The molecule has 0 spiro atoms. The third-order valence-corrected chi connectivity index (χ3v) is 21.4. The fourth-order valence-electron chi connectivity index (χ4n) is 4.19. The molecule has 0 heterocycles. The predicted octanol–water partition coefficient (Wildman–Crippen LogP) is -2.86. The summed E-state index contributed by atoms with van der Waals surface area (Å²) >= 11 is 0. The first-order chi connectivity index (χ1) is 14.5. The molecule has 192 valence electrons. The van der Waals surface area contributed by atoms with Crippen molar-refractivity contribution in [1.29, 1.82) is 0 Å². The summed E-state index contributed by atoms with van der Waals surface area (Å²) < 4.78 is 37.7. The van der Waals surface area contributed by atoms with Crippen LogP contribution in [-0.4, -0.2) is 151 Å². The summed E-state index contributed by atoms with van der Waals surface area (Å²) in [6.45, 7) is -12.5. The molecule has 0 amide bonds. The fourth-order valence-corrected chi connectivity index (χ4v) is 17.8. The van der Waals surface area contributed by atoms with Crippen molar-refractivity contribution in [3.63, 3.8) is 0 Å². The van der Waals surface area contributed by atoms with Crippen LogP contribution in [0.4, 0.5) is 0 Å². The van der Waals surface area contributed by atoms with Crippen molar-refractivity contribution >= 4 is 24.1 Å². The van der Waals surface area contributed by atoms with Crippen LogP contribution >= 0.6 is 13.7 Å².